The zero-order valence-electron chi connectivity index (χ0n) is 20.8. The Labute approximate surface area is 218 Å². The quantitative estimate of drug-likeness (QED) is 0.242. The number of amides is 2. The number of hydrogen-bond donors (Lipinski definition) is 7. The Kier molecular flexibility index (Phi) is 7.68. The molecular weight excluding hydrogens is 496 g/mol. The molecule has 38 heavy (non-hydrogen) atoms. The number of benzene rings is 2. The van der Waals surface area contributed by atoms with Crippen LogP contribution in [0, 0.1) is 0 Å². The molecule has 12 heteroatoms. The van der Waals surface area contributed by atoms with Crippen molar-refractivity contribution in [3.63, 3.8) is 0 Å². The minimum absolute atomic E-state index is 0.128. The van der Waals surface area contributed by atoms with Gasteiger partial charge in [-0.15, -0.1) is 0 Å². The van der Waals surface area contributed by atoms with Crippen LogP contribution in [-0.2, 0) is 4.74 Å². The Morgan fingerprint density at radius 3 is 2.61 bits per heavy atom. The third kappa shape index (κ3) is 5.26. The second-order valence-electron chi connectivity index (χ2n) is 9.54. The van der Waals surface area contributed by atoms with Gasteiger partial charge < -0.3 is 50.3 Å². The number of anilines is 2. The normalized spacial score (nSPS) is 25.9. The summed E-state index contributed by atoms with van der Waals surface area (Å²) < 4.78 is 17.1. The van der Waals surface area contributed by atoms with Gasteiger partial charge in [-0.05, 0) is 49.9 Å². The van der Waals surface area contributed by atoms with Gasteiger partial charge in [-0.3, -0.25) is 0 Å². The Morgan fingerprint density at radius 2 is 1.87 bits per heavy atom. The van der Waals surface area contributed by atoms with E-state index in [0.717, 1.165) is 25.7 Å². The fourth-order valence-corrected chi connectivity index (χ4v) is 4.93. The number of carbonyl (C=O) groups is 1. The van der Waals surface area contributed by atoms with Gasteiger partial charge in [-0.25, -0.2) is 9.78 Å². The summed E-state index contributed by atoms with van der Waals surface area (Å²) in [6.45, 7) is -0.548. The molecule has 0 unspecified atom stereocenters. The van der Waals surface area contributed by atoms with Gasteiger partial charge in [-0.2, -0.15) is 0 Å². The molecule has 0 radical (unpaired) electrons. The van der Waals surface area contributed by atoms with Gasteiger partial charge in [0.05, 0.1) is 31.0 Å². The fraction of sp³-hybridized carbons (Fsp3) is 0.462. The topological polar surface area (TPSA) is 178 Å². The lowest BCUT2D eigenvalue weighted by molar-refractivity contribution is -0.233. The van der Waals surface area contributed by atoms with Gasteiger partial charge in [0.15, 0.2) is 11.5 Å². The molecule has 5 atom stereocenters. The van der Waals surface area contributed by atoms with Crippen LogP contribution in [0.5, 0.6) is 11.5 Å². The van der Waals surface area contributed by atoms with Crippen molar-refractivity contribution < 1.29 is 39.4 Å². The fourth-order valence-electron chi connectivity index (χ4n) is 4.93. The zero-order valence-corrected chi connectivity index (χ0v) is 20.8. The second kappa shape index (κ2) is 11.1. The lowest BCUT2D eigenvalue weighted by Gasteiger charge is -2.39. The summed E-state index contributed by atoms with van der Waals surface area (Å²) in [6, 6.07) is 9.79. The average Bonchev–Trinajstić information content (AvgIpc) is 3.58. The van der Waals surface area contributed by atoms with Crippen LogP contribution in [0.1, 0.15) is 37.6 Å². The highest BCUT2D eigenvalue weighted by Gasteiger charge is 2.45. The van der Waals surface area contributed by atoms with Gasteiger partial charge in [-0.1, -0.05) is 6.07 Å². The van der Waals surface area contributed by atoms with E-state index in [4.69, 9.17) is 14.2 Å². The molecule has 204 valence electrons. The summed E-state index contributed by atoms with van der Waals surface area (Å²) in [6.07, 6.45) is -2.33. The van der Waals surface area contributed by atoms with E-state index in [1.54, 1.807) is 43.5 Å². The number of fused-ring (bicyclic) bond motifs is 1. The molecule has 2 aromatic carbocycles. The lowest BCUT2D eigenvalue weighted by atomic mass is 9.95. The molecular formula is C26H32N4O8. The lowest BCUT2D eigenvalue weighted by Crippen LogP contribution is -2.55. The number of urea groups is 1. The number of aliphatic hydroxyl groups is 4. The van der Waals surface area contributed by atoms with E-state index in [2.05, 4.69) is 20.6 Å². The Morgan fingerprint density at radius 1 is 1.08 bits per heavy atom. The molecule has 1 aliphatic carbocycles. The summed E-state index contributed by atoms with van der Waals surface area (Å²) in [5, 5.41) is 45.7. The highest BCUT2D eigenvalue weighted by molar-refractivity contribution is 6.04. The number of rotatable bonds is 7. The van der Waals surface area contributed by atoms with Crippen molar-refractivity contribution in [2.24, 2.45) is 0 Å². The minimum atomic E-state index is -1.53. The second-order valence-corrected chi connectivity index (χ2v) is 9.54. The molecule has 2 heterocycles. The van der Waals surface area contributed by atoms with E-state index in [9.17, 15) is 25.2 Å². The Balaban J connectivity index is 1.32. The summed E-state index contributed by atoms with van der Waals surface area (Å²) in [7, 11) is 1.57. The number of para-hydroxylation sites is 1. The van der Waals surface area contributed by atoms with Crippen LogP contribution >= 0.6 is 0 Å². The average molecular weight is 529 g/mol. The molecule has 12 nitrogen and oxygen atoms in total. The van der Waals surface area contributed by atoms with Crippen LogP contribution in [0.3, 0.4) is 0 Å². The summed E-state index contributed by atoms with van der Waals surface area (Å²) in [5.41, 5.74) is 1.86. The van der Waals surface area contributed by atoms with Crippen LogP contribution in [0.2, 0.25) is 0 Å². The molecule has 3 aromatic rings. The van der Waals surface area contributed by atoms with E-state index < -0.39 is 43.2 Å². The van der Waals surface area contributed by atoms with Crippen molar-refractivity contribution >= 4 is 28.4 Å². The van der Waals surface area contributed by atoms with Gasteiger partial charge in [0.2, 0.25) is 0 Å². The number of aliphatic hydroxyl groups excluding tert-OH is 4. The van der Waals surface area contributed by atoms with Crippen LogP contribution < -0.4 is 20.1 Å². The summed E-state index contributed by atoms with van der Waals surface area (Å²) in [4.78, 5) is 20.4. The van der Waals surface area contributed by atoms with E-state index in [0.29, 0.717) is 33.9 Å². The maximum atomic E-state index is 12.9. The molecule has 0 bridgehead atoms. The SMILES string of the molecule is COc1ccc(NC(=O)Nc2cccc3[nH]c([C@@H]4O[C@H](CO)[C@@H](O)[C@H](O)[C@H]4O)nc23)cc1OC1CCCC1. The standard InChI is InChI=1S/C26H32N4O8/c1-36-17-10-9-13(11-18(17)37-14-5-2-3-6-14)27-26(35)29-16-8-4-7-15-20(16)30-25(28-15)24-23(34)22(33)21(32)19(12-31)38-24/h4,7-11,14,19,21-24,31-34H,2-3,5-6,12H2,1H3,(H,28,30)(H2,27,29,35)/t19-,21-,22+,23-,24-/m1/s1. The highest BCUT2D eigenvalue weighted by Crippen LogP contribution is 2.35. The van der Waals surface area contributed by atoms with Crippen LogP contribution in [0.4, 0.5) is 16.2 Å². The maximum Gasteiger partial charge on any atom is 0.323 e. The predicted octanol–water partition coefficient (Wildman–Crippen LogP) is 2.05. The van der Waals surface area contributed by atoms with E-state index >= 15 is 0 Å². The number of carbonyl (C=O) groups excluding carboxylic acids is 1. The van der Waals surface area contributed by atoms with Crippen molar-refractivity contribution in [1.82, 2.24) is 9.97 Å². The number of nitrogens with zero attached hydrogens (tertiary/aromatic N) is 1. The van der Waals surface area contributed by atoms with Crippen molar-refractivity contribution in [2.75, 3.05) is 24.4 Å². The summed E-state index contributed by atoms with van der Waals surface area (Å²) in [5.74, 6) is 1.33. The van der Waals surface area contributed by atoms with E-state index in [-0.39, 0.29) is 11.9 Å². The molecule has 0 spiro atoms. The zero-order chi connectivity index (χ0) is 26.8. The Hall–Kier alpha value is -3.42. The number of methoxy groups -OCH3 is 1. The van der Waals surface area contributed by atoms with Gasteiger partial charge in [0.25, 0.3) is 0 Å². The van der Waals surface area contributed by atoms with E-state index in [1.807, 2.05) is 0 Å². The highest BCUT2D eigenvalue weighted by atomic mass is 16.5. The Bertz CT molecular complexity index is 1280. The van der Waals surface area contributed by atoms with Crippen molar-refractivity contribution in [2.45, 2.75) is 62.3 Å². The number of aromatic amines is 1. The van der Waals surface area contributed by atoms with Crippen molar-refractivity contribution in [1.29, 1.82) is 0 Å². The molecule has 2 fully saturated rings. The molecule has 5 rings (SSSR count). The predicted molar refractivity (Wildman–Crippen MR) is 137 cm³/mol. The van der Waals surface area contributed by atoms with Crippen LogP contribution in [-0.4, -0.2) is 80.7 Å². The first-order chi connectivity index (χ1) is 18.4. The molecule has 1 aliphatic heterocycles. The molecule has 1 saturated carbocycles. The number of ether oxygens (including phenoxy) is 3. The summed E-state index contributed by atoms with van der Waals surface area (Å²) >= 11 is 0. The largest absolute Gasteiger partial charge is 0.493 e. The molecule has 1 aromatic heterocycles. The first-order valence-corrected chi connectivity index (χ1v) is 12.6. The maximum absolute atomic E-state index is 12.9. The minimum Gasteiger partial charge on any atom is -0.493 e. The number of nitrogens with one attached hydrogen (secondary N) is 3. The molecule has 1 saturated heterocycles. The molecule has 7 N–H and O–H groups in total. The molecule has 2 aliphatic rings. The first-order valence-electron chi connectivity index (χ1n) is 12.6. The molecule has 2 amide bonds. The van der Waals surface area contributed by atoms with Crippen molar-refractivity contribution in [3.8, 4) is 11.5 Å². The van der Waals surface area contributed by atoms with Crippen LogP contribution in [0.15, 0.2) is 36.4 Å². The van der Waals surface area contributed by atoms with Crippen molar-refractivity contribution in [3.05, 3.63) is 42.2 Å². The third-order valence-corrected chi connectivity index (χ3v) is 6.96. The van der Waals surface area contributed by atoms with Gasteiger partial charge >= 0.3 is 6.03 Å². The number of imidazole rings is 1. The van der Waals surface area contributed by atoms with Crippen LogP contribution in [0.25, 0.3) is 11.0 Å². The van der Waals surface area contributed by atoms with Gasteiger partial charge in [0.1, 0.15) is 41.9 Å². The smallest absolute Gasteiger partial charge is 0.323 e. The van der Waals surface area contributed by atoms with E-state index in [1.165, 1.54) is 0 Å². The van der Waals surface area contributed by atoms with Gasteiger partial charge in [0, 0.05) is 11.8 Å². The number of hydrogen-bond acceptors (Lipinski definition) is 9. The first kappa shape index (κ1) is 26.2. The third-order valence-electron chi connectivity index (χ3n) is 6.96. The number of aromatic nitrogens is 2. The number of H-pyrrole nitrogens is 1. The monoisotopic (exact) mass is 528 g/mol.